The maximum atomic E-state index is 11.7. The Labute approximate surface area is 86.5 Å². The first-order valence-corrected chi connectivity index (χ1v) is 5.17. The third-order valence-electron chi connectivity index (χ3n) is 2.92. The van der Waals surface area contributed by atoms with E-state index < -0.39 is 0 Å². The van der Waals surface area contributed by atoms with Crippen molar-refractivity contribution in [1.29, 1.82) is 0 Å². The molecule has 0 spiro atoms. The van der Waals surface area contributed by atoms with Crippen LogP contribution in [-0.4, -0.2) is 17.7 Å². The molecule has 1 saturated heterocycles. The Morgan fingerprint density at radius 3 is 3.07 bits per heavy atom. The van der Waals surface area contributed by atoms with Crippen LogP contribution < -0.4 is 11.1 Å². The number of aromatic nitrogens is 1. The van der Waals surface area contributed by atoms with Crippen LogP contribution in [0, 0.1) is 0 Å². The van der Waals surface area contributed by atoms with Crippen LogP contribution in [0.3, 0.4) is 0 Å². The fourth-order valence-corrected chi connectivity index (χ4v) is 2.19. The average Bonchev–Trinajstić information content (AvgIpc) is 2.82. The number of hydrogen-bond acceptors (Lipinski definition) is 3. The van der Waals surface area contributed by atoms with E-state index in [0.717, 1.165) is 25.0 Å². The molecule has 1 aliphatic rings. The summed E-state index contributed by atoms with van der Waals surface area (Å²) in [5.74, 6) is -0.245. The summed E-state index contributed by atoms with van der Waals surface area (Å²) in [6.07, 6.45) is 0.990. The summed E-state index contributed by atoms with van der Waals surface area (Å²) in [6.45, 7) is 1.82. The third-order valence-corrected chi connectivity index (χ3v) is 2.92. The maximum Gasteiger partial charge on any atom is 0.420 e. The molecule has 1 aliphatic heterocycles. The molecule has 1 aromatic carbocycles. The number of oxazole rings is 1. The van der Waals surface area contributed by atoms with Gasteiger partial charge in [0.05, 0.1) is 11.6 Å². The van der Waals surface area contributed by atoms with E-state index in [-0.39, 0.29) is 11.8 Å². The fourth-order valence-electron chi connectivity index (χ4n) is 2.19. The van der Waals surface area contributed by atoms with Crippen LogP contribution in [-0.2, 0) is 0 Å². The number of nitrogens with one attached hydrogen (secondary N) is 1. The first kappa shape index (κ1) is 8.73. The van der Waals surface area contributed by atoms with E-state index in [4.69, 9.17) is 4.42 Å². The van der Waals surface area contributed by atoms with Crippen molar-refractivity contribution in [2.24, 2.45) is 0 Å². The van der Waals surface area contributed by atoms with Crippen molar-refractivity contribution < 1.29 is 4.42 Å². The minimum Gasteiger partial charge on any atom is -0.408 e. The third kappa shape index (κ3) is 1.29. The predicted molar refractivity (Wildman–Crippen MR) is 57.0 cm³/mol. The zero-order chi connectivity index (χ0) is 10.3. The van der Waals surface area contributed by atoms with Gasteiger partial charge >= 0.3 is 5.76 Å². The second-order valence-corrected chi connectivity index (χ2v) is 3.85. The topological polar surface area (TPSA) is 47.2 Å². The number of hydrogen-bond donors (Lipinski definition) is 1. The van der Waals surface area contributed by atoms with Crippen LogP contribution in [0.1, 0.15) is 12.5 Å². The minimum absolute atomic E-state index is 0.237. The van der Waals surface area contributed by atoms with Gasteiger partial charge in [-0.2, -0.15) is 0 Å². The van der Waals surface area contributed by atoms with Crippen molar-refractivity contribution in [2.75, 3.05) is 13.1 Å². The fraction of sp³-hybridized carbons (Fsp3) is 0.364. The highest BCUT2D eigenvalue weighted by molar-refractivity contribution is 5.72. The maximum absolute atomic E-state index is 11.7. The lowest BCUT2D eigenvalue weighted by Gasteiger charge is -2.08. The summed E-state index contributed by atoms with van der Waals surface area (Å²) >= 11 is 0. The Morgan fingerprint density at radius 2 is 2.27 bits per heavy atom. The van der Waals surface area contributed by atoms with E-state index in [0.29, 0.717) is 5.58 Å². The molecule has 4 nitrogen and oxygen atoms in total. The summed E-state index contributed by atoms with van der Waals surface area (Å²) in [5, 5.41) is 3.25. The summed E-state index contributed by atoms with van der Waals surface area (Å²) in [7, 11) is 0. The molecular weight excluding hydrogens is 192 g/mol. The zero-order valence-electron chi connectivity index (χ0n) is 8.27. The molecule has 1 atom stereocenters. The van der Waals surface area contributed by atoms with E-state index >= 15 is 0 Å². The zero-order valence-corrected chi connectivity index (χ0v) is 8.27. The molecule has 0 aliphatic carbocycles. The molecule has 15 heavy (non-hydrogen) atoms. The highest BCUT2D eigenvalue weighted by atomic mass is 16.4. The lowest BCUT2D eigenvalue weighted by Crippen LogP contribution is -2.22. The number of benzene rings is 1. The molecule has 3 rings (SSSR count). The molecule has 1 aromatic heterocycles. The van der Waals surface area contributed by atoms with Crippen molar-refractivity contribution in [3.8, 4) is 0 Å². The molecule has 0 bridgehead atoms. The van der Waals surface area contributed by atoms with E-state index in [9.17, 15) is 4.79 Å². The predicted octanol–water partition coefficient (Wildman–Crippen LogP) is 1.13. The summed E-state index contributed by atoms with van der Waals surface area (Å²) in [4.78, 5) is 11.7. The largest absolute Gasteiger partial charge is 0.420 e. The highest BCUT2D eigenvalue weighted by Gasteiger charge is 2.21. The van der Waals surface area contributed by atoms with Gasteiger partial charge in [-0.1, -0.05) is 12.1 Å². The second kappa shape index (κ2) is 3.24. The van der Waals surface area contributed by atoms with E-state index in [1.807, 2.05) is 24.3 Å². The molecule has 0 unspecified atom stereocenters. The second-order valence-electron chi connectivity index (χ2n) is 3.85. The molecule has 0 radical (unpaired) electrons. The lowest BCUT2D eigenvalue weighted by atomic mass is 10.2. The number of para-hydroxylation sites is 2. The average molecular weight is 204 g/mol. The van der Waals surface area contributed by atoms with Crippen molar-refractivity contribution >= 4 is 11.1 Å². The van der Waals surface area contributed by atoms with E-state index in [2.05, 4.69) is 5.32 Å². The normalized spacial score (nSPS) is 21.2. The molecule has 0 saturated carbocycles. The van der Waals surface area contributed by atoms with Gasteiger partial charge < -0.3 is 9.73 Å². The number of rotatable bonds is 1. The van der Waals surface area contributed by atoms with Crippen LogP contribution >= 0.6 is 0 Å². The Balaban J connectivity index is 2.23. The molecule has 78 valence electrons. The Kier molecular flexibility index (Phi) is 1.89. The van der Waals surface area contributed by atoms with Gasteiger partial charge in [0.2, 0.25) is 0 Å². The SMILES string of the molecule is O=c1oc2ccccc2n1[C@H]1CCNC1. The standard InChI is InChI=1S/C11H12N2O2/c14-11-13(8-5-6-12-7-8)9-3-1-2-4-10(9)15-11/h1-4,8,12H,5-7H2/t8-/m0/s1. The van der Waals surface area contributed by atoms with Crippen molar-refractivity contribution in [2.45, 2.75) is 12.5 Å². The van der Waals surface area contributed by atoms with Gasteiger partial charge in [-0.15, -0.1) is 0 Å². The van der Waals surface area contributed by atoms with Crippen LogP contribution in [0.4, 0.5) is 0 Å². The monoisotopic (exact) mass is 204 g/mol. The molecule has 1 fully saturated rings. The molecule has 0 amide bonds. The quantitative estimate of drug-likeness (QED) is 0.757. The Hall–Kier alpha value is -1.55. The molecule has 2 aromatic rings. The highest BCUT2D eigenvalue weighted by Crippen LogP contribution is 2.20. The summed E-state index contributed by atoms with van der Waals surface area (Å²) in [5.41, 5.74) is 1.57. The molecular formula is C11H12N2O2. The first-order valence-electron chi connectivity index (χ1n) is 5.17. The van der Waals surface area contributed by atoms with Gasteiger partial charge in [0.15, 0.2) is 5.58 Å². The summed E-state index contributed by atoms with van der Waals surface area (Å²) < 4.78 is 6.95. The van der Waals surface area contributed by atoms with Crippen LogP contribution in [0.25, 0.3) is 11.1 Å². The lowest BCUT2D eigenvalue weighted by molar-refractivity contribution is 0.459. The van der Waals surface area contributed by atoms with Crippen LogP contribution in [0.15, 0.2) is 33.5 Å². The van der Waals surface area contributed by atoms with Gasteiger partial charge in [-0.25, -0.2) is 4.79 Å². The number of fused-ring (bicyclic) bond motifs is 1. The van der Waals surface area contributed by atoms with Gasteiger partial charge in [0.1, 0.15) is 0 Å². The van der Waals surface area contributed by atoms with Crippen molar-refractivity contribution in [1.82, 2.24) is 9.88 Å². The van der Waals surface area contributed by atoms with Crippen molar-refractivity contribution in [3.05, 3.63) is 34.8 Å². The van der Waals surface area contributed by atoms with Gasteiger partial charge in [0, 0.05) is 6.54 Å². The molecule has 2 heterocycles. The van der Waals surface area contributed by atoms with Gasteiger partial charge in [0.25, 0.3) is 0 Å². The summed E-state index contributed by atoms with van der Waals surface area (Å²) in [6, 6.07) is 7.80. The smallest absolute Gasteiger partial charge is 0.408 e. The van der Waals surface area contributed by atoms with E-state index in [1.54, 1.807) is 4.57 Å². The van der Waals surface area contributed by atoms with Gasteiger partial charge in [-0.05, 0) is 25.1 Å². The Morgan fingerprint density at radius 1 is 1.40 bits per heavy atom. The Bertz CT molecular complexity index is 535. The van der Waals surface area contributed by atoms with Gasteiger partial charge in [-0.3, -0.25) is 4.57 Å². The molecule has 1 N–H and O–H groups in total. The minimum atomic E-state index is -0.245. The van der Waals surface area contributed by atoms with E-state index in [1.165, 1.54) is 0 Å². The van der Waals surface area contributed by atoms with Crippen molar-refractivity contribution in [3.63, 3.8) is 0 Å². The number of nitrogens with zero attached hydrogens (tertiary/aromatic N) is 1. The molecule has 4 heteroatoms. The van der Waals surface area contributed by atoms with Crippen LogP contribution in [0.5, 0.6) is 0 Å². The first-order chi connectivity index (χ1) is 7.36. The van der Waals surface area contributed by atoms with Crippen LogP contribution in [0.2, 0.25) is 0 Å².